The van der Waals surface area contributed by atoms with Crippen LogP contribution < -0.4 is 5.32 Å². The van der Waals surface area contributed by atoms with Crippen LogP contribution in [-0.4, -0.2) is 11.9 Å². The Morgan fingerprint density at radius 1 is 1.07 bits per heavy atom. The molecule has 0 saturated carbocycles. The molecule has 0 saturated heterocycles. The average Bonchev–Trinajstić information content (AvgIpc) is 2.00. The normalized spacial score (nSPS) is 13.3. The monoisotopic (exact) mass is 213 g/mol. The maximum atomic E-state index is 11.4. The van der Waals surface area contributed by atoms with E-state index in [9.17, 15) is 4.79 Å². The van der Waals surface area contributed by atoms with Gasteiger partial charge in [0.25, 0.3) is 0 Å². The van der Waals surface area contributed by atoms with Gasteiger partial charge in [0.1, 0.15) is 0 Å². The fourth-order valence-electron chi connectivity index (χ4n) is 1.67. The zero-order valence-corrected chi connectivity index (χ0v) is 11.0. The van der Waals surface area contributed by atoms with Gasteiger partial charge < -0.3 is 5.32 Å². The molecule has 15 heavy (non-hydrogen) atoms. The summed E-state index contributed by atoms with van der Waals surface area (Å²) >= 11 is 0. The van der Waals surface area contributed by atoms with Crippen molar-refractivity contribution in [3.8, 4) is 0 Å². The van der Waals surface area contributed by atoms with E-state index in [-0.39, 0.29) is 11.9 Å². The number of amides is 1. The summed E-state index contributed by atoms with van der Waals surface area (Å²) in [5.74, 6) is 1.49. The van der Waals surface area contributed by atoms with Crippen LogP contribution in [0.5, 0.6) is 0 Å². The molecule has 0 aliphatic rings. The number of carbonyl (C=O) groups excluding carboxylic acids is 1. The van der Waals surface area contributed by atoms with Gasteiger partial charge in [-0.05, 0) is 25.7 Å². The number of hydrogen-bond acceptors (Lipinski definition) is 1. The van der Waals surface area contributed by atoms with Crippen LogP contribution in [-0.2, 0) is 4.79 Å². The van der Waals surface area contributed by atoms with Crippen LogP contribution in [0, 0.1) is 11.8 Å². The summed E-state index contributed by atoms with van der Waals surface area (Å²) in [6, 6.07) is 0.264. The predicted octanol–water partition coefficient (Wildman–Crippen LogP) is 3.36. The molecular weight excluding hydrogens is 186 g/mol. The molecule has 1 unspecified atom stereocenters. The lowest BCUT2D eigenvalue weighted by Crippen LogP contribution is -2.31. The summed E-state index contributed by atoms with van der Waals surface area (Å²) in [7, 11) is 0. The zero-order chi connectivity index (χ0) is 11.8. The van der Waals surface area contributed by atoms with E-state index in [1.165, 1.54) is 19.3 Å². The number of rotatable bonds is 7. The van der Waals surface area contributed by atoms with Crippen molar-refractivity contribution in [2.45, 2.75) is 66.3 Å². The smallest absolute Gasteiger partial charge is 0.220 e. The van der Waals surface area contributed by atoms with E-state index >= 15 is 0 Å². The first kappa shape index (κ1) is 14.5. The molecule has 0 fully saturated rings. The van der Waals surface area contributed by atoms with E-state index in [1.807, 2.05) is 13.8 Å². The molecule has 1 N–H and O–H groups in total. The molecule has 2 nitrogen and oxygen atoms in total. The van der Waals surface area contributed by atoms with E-state index < -0.39 is 0 Å². The Labute approximate surface area is 94.8 Å². The second kappa shape index (κ2) is 7.72. The molecule has 0 aromatic heterocycles. The minimum atomic E-state index is 0.196. The molecular formula is C13H27NO. The lowest BCUT2D eigenvalue weighted by atomic mass is 9.97. The van der Waals surface area contributed by atoms with Crippen molar-refractivity contribution in [2.24, 2.45) is 11.8 Å². The molecule has 2 heteroatoms. The first-order chi connectivity index (χ1) is 6.91. The predicted molar refractivity (Wildman–Crippen MR) is 65.7 cm³/mol. The first-order valence-electron chi connectivity index (χ1n) is 6.21. The van der Waals surface area contributed by atoms with Crippen molar-refractivity contribution in [2.75, 3.05) is 0 Å². The second-order valence-electron chi connectivity index (χ2n) is 5.36. The van der Waals surface area contributed by atoms with Gasteiger partial charge in [0.05, 0.1) is 0 Å². The standard InChI is InChI=1S/C13H27NO/c1-10(2)7-6-8-12(5)9-13(15)14-11(3)4/h10-12H,6-9H2,1-5H3,(H,14,15). The highest BCUT2D eigenvalue weighted by Gasteiger charge is 2.09. The maximum Gasteiger partial charge on any atom is 0.220 e. The first-order valence-corrected chi connectivity index (χ1v) is 6.21. The molecule has 0 radical (unpaired) electrons. The van der Waals surface area contributed by atoms with Gasteiger partial charge >= 0.3 is 0 Å². The van der Waals surface area contributed by atoms with Gasteiger partial charge in [0.15, 0.2) is 0 Å². The van der Waals surface area contributed by atoms with Crippen LogP contribution in [0.3, 0.4) is 0 Å². The van der Waals surface area contributed by atoms with Crippen LogP contribution in [0.1, 0.15) is 60.3 Å². The third-order valence-corrected chi connectivity index (χ3v) is 2.46. The van der Waals surface area contributed by atoms with Gasteiger partial charge in [-0.2, -0.15) is 0 Å². The van der Waals surface area contributed by atoms with E-state index in [4.69, 9.17) is 0 Å². The minimum Gasteiger partial charge on any atom is -0.354 e. The summed E-state index contributed by atoms with van der Waals surface area (Å²) < 4.78 is 0. The SMILES string of the molecule is CC(C)CCCC(C)CC(=O)NC(C)C. The van der Waals surface area contributed by atoms with Gasteiger partial charge in [0.2, 0.25) is 5.91 Å². The van der Waals surface area contributed by atoms with Crippen molar-refractivity contribution in [3.05, 3.63) is 0 Å². The fourth-order valence-corrected chi connectivity index (χ4v) is 1.67. The Morgan fingerprint density at radius 2 is 1.67 bits per heavy atom. The summed E-state index contributed by atoms with van der Waals surface area (Å²) in [6.07, 6.45) is 4.36. The van der Waals surface area contributed by atoms with Crippen LogP contribution in [0.15, 0.2) is 0 Å². The molecule has 0 aromatic carbocycles. The highest BCUT2D eigenvalue weighted by Crippen LogP contribution is 2.14. The Kier molecular flexibility index (Phi) is 7.45. The molecule has 1 amide bonds. The average molecular weight is 213 g/mol. The molecule has 1 atom stereocenters. The summed E-state index contributed by atoms with van der Waals surface area (Å²) in [4.78, 5) is 11.4. The number of carbonyl (C=O) groups is 1. The number of hydrogen-bond donors (Lipinski definition) is 1. The topological polar surface area (TPSA) is 29.1 Å². The lowest BCUT2D eigenvalue weighted by molar-refractivity contribution is -0.122. The lowest BCUT2D eigenvalue weighted by Gasteiger charge is -2.13. The molecule has 0 spiro atoms. The summed E-state index contributed by atoms with van der Waals surface area (Å²) in [5.41, 5.74) is 0. The van der Waals surface area contributed by atoms with Crippen LogP contribution in [0.2, 0.25) is 0 Å². The Morgan fingerprint density at radius 3 is 2.13 bits per heavy atom. The summed E-state index contributed by atoms with van der Waals surface area (Å²) in [5, 5.41) is 2.93. The molecule has 0 rings (SSSR count). The molecule has 0 aliphatic heterocycles. The molecule has 0 aromatic rings. The molecule has 0 bridgehead atoms. The highest BCUT2D eigenvalue weighted by atomic mass is 16.1. The maximum absolute atomic E-state index is 11.4. The van der Waals surface area contributed by atoms with Crippen molar-refractivity contribution in [3.63, 3.8) is 0 Å². The van der Waals surface area contributed by atoms with E-state index in [2.05, 4.69) is 26.1 Å². The summed E-state index contributed by atoms with van der Waals surface area (Å²) in [6.45, 7) is 10.7. The Bertz CT molecular complexity index is 175. The Balaban J connectivity index is 3.55. The zero-order valence-electron chi connectivity index (χ0n) is 11.0. The van der Waals surface area contributed by atoms with Crippen LogP contribution in [0.25, 0.3) is 0 Å². The third kappa shape index (κ3) is 9.77. The van der Waals surface area contributed by atoms with E-state index in [0.717, 1.165) is 5.92 Å². The van der Waals surface area contributed by atoms with E-state index in [1.54, 1.807) is 0 Å². The number of nitrogens with one attached hydrogen (secondary N) is 1. The van der Waals surface area contributed by atoms with Gasteiger partial charge in [-0.25, -0.2) is 0 Å². The largest absolute Gasteiger partial charge is 0.354 e. The van der Waals surface area contributed by atoms with Gasteiger partial charge in [-0.15, -0.1) is 0 Å². The molecule has 90 valence electrons. The van der Waals surface area contributed by atoms with E-state index in [0.29, 0.717) is 12.3 Å². The minimum absolute atomic E-state index is 0.196. The molecule has 0 aliphatic carbocycles. The van der Waals surface area contributed by atoms with Crippen molar-refractivity contribution >= 4 is 5.91 Å². The van der Waals surface area contributed by atoms with Gasteiger partial charge in [-0.1, -0.05) is 40.0 Å². The quantitative estimate of drug-likeness (QED) is 0.690. The molecule has 0 heterocycles. The van der Waals surface area contributed by atoms with Crippen molar-refractivity contribution in [1.29, 1.82) is 0 Å². The van der Waals surface area contributed by atoms with Crippen molar-refractivity contribution < 1.29 is 4.79 Å². The van der Waals surface area contributed by atoms with Gasteiger partial charge in [0, 0.05) is 12.5 Å². The third-order valence-electron chi connectivity index (χ3n) is 2.46. The second-order valence-corrected chi connectivity index (χ2v) is 5.36. The van der Waals surface area contributed by atoms with Crippen molar-refractivity contribution in [1.82, 2.24) is 5.32 Å². The van der Waals surface area contributed by atoms with Crippen LogP contribution >= 0.6 is 0 Å². The highest BCUT2D eigenvalue weighted by molar-refractivity contribution is 5.76. The Hall–Kier alpha value is -0.530. The van der Waals surface area contributed by atoms with Crippen LogP contribution in [0.4, 0.5) is 0 Å². The fraction of sp³-hybridized carbons (Fsp3) is 0.923. The van der Waals surface area contributed by atoms with Gasteiger partial charge in [-0.3, -0.25) is 4.79 Å².